The molecule has 5 rings (SSSR count). The zero-order valence-electron chi connectivity index (χ0n) is 18.7. The first-order chi connectivity index (χ1) is 15.7. The number of aromatic amines is 1. The Morgan fingerprint density at radius 2 is 2.03 bits per heavy atom. The molecule has 170 valence electrons. The van der Waals surface area contributed by atoms with Crippen LogP contribution in [0.25, 0.3) is 10.9 Å². The summed E-state index contributed by atoms with van der Waals surface area (Å²) in [6.07, 6.45) is 0. The van der Waals surface area contributed by atoms with Gasteiger partial charge >= 0.3 is 6.01 Å². The highest BCUT2D eigenvalue weighted by molar-refractivity contribution is 7.99. The van der Waals surface area contributed by atoms with E-state index in [4.69, 9.17) is 14.5 Å². The standard InChI is InChI=1S/C23H30N6O2S/c1-16-17(2)24-20-13-18(3-4-19(16)20)25-21-14-22(29-8-12-32-15-29)27-23(26-21)31-11-7-28-5-9-30-10-6-28/h3-4,13-14,24H,5-12,15H2,1-2H3,(H,25,26,27). The van der Waals surface area contributed by atoms with Crippen molar-refractivity contribution in [3.63, 3.8) is 0 Å². The Balaban J connectivity index is 1.34. The second kappa shape index (κ2) is 9.56. The summed E-state index contributed by atoms with van der Waals surface area (Å²) in [5.74, 6) is 3.70. The van der Waals surface area contributed by atoms with Crippen molar-refractivity contribution in [2.45, 2.75) is 13.8 Å². The Hall–Kier alpha value is -2.49. The largest absolute Gasteiger partial charge is 0.462 e. The van der Waals surface area contributed by atoms with Gasteiger partial charge in [-0.05, 0) is 31.5 Å². The van der Waals surface area contributed by atoms with E-state index in [1.165, 1.54) is 16.6 Å². The number of aryl methyl sites for hydroxylation is 2. The van der Waals surface area contributed by atoms with Crippen LogP contribution in [0, 0.1) is 13.8 Å². The molecule has 1 aromatic carbocycles. The molecule has 3 aromatic rings. The van der Waals surface area contributed by atoms with Crippen molar-refractivity contribution < 1.29 is 9.47 Å². The number of ether oxygens (including phenoxy) is 2. The minimum absolute atomic E-state index is 0.419. The maximum absolute atomic E-state index is 5.99. The number of nitrogens with zero attached hydrogens (tertiary/aromatic N) is 4. The van der Waals surface area contributed by atoms with E-state index in [-0.39, 0.29) is 0 Å². The van der Waals surface area contributed by atoms with Crippen molar-refractivity contribution in [1.82, 2.24) is 19.9 Å². The number of H-pyrrole nitrogens is 1. The van der Waals surface area contributed by atoms with Crippen LogP contribution in [-0.4, -0.2) is 77.5 Å². The van der Waals surface area contributed by atoms with Crippen LogP contribution in [0.2, 0.25) is 0 Å². The fourth-order valence-corrected chi connectivity index (χ4v) is 5.05. The van der Waals surface area contributed by atoms with E-state index in [2.05, 4.69) is 57.1 Å². The third kappa shape index (κ3) is 4.79. The predicted molar refractivity (Wildman–Crippen MR) is 131 cm³/mol. The fraction of sp³-hybridized carbons (Fsp3) is 0.478. The molecule has 0 aliphatic carbocycles. The highest BCUT2D eigenvalue weighted by atomic mass is 32.2. The molecule has 8 nitrogen and oxygen atoms in total. The highest BCUT2D eigenvalue weighted by Gasteiger charge is 2.18. The Labute approximate surface area is 192 Å². The molecular weight excluding hydrogens is 424 g/mol. The molecule has 0 bridgehead atoms. The summed E-state index contributed by atoms with van der Waals surface area (Å²) >= 11 is 1.92. The van der Waals surface area contributed by atoms with Gasteiger partial charge in [0.05, 0.1) is 19.1 Å². The number of anilines is 3. The van der Waals surface area contributed by atoms with E-state index in [1.54, 1.807) is 0 Å². The summed E-state index contributed by atoms with van der Waals surface area (Å²) in [5.41, 5.74) is 4.60. The summed E-state index contributed by atoms with van der Waals surface area (Å²) < 4.78 is 11.4. The van der Waals surface area contributed by atoms with Crippen molar-refractivity contribution in [2.75, 3.05) is 67.8 Å². The maximum Gasteiger partial charge on any atom is 0.320 e. The molecule has 0 unspecified atom stereocenters. The zero-order chi connectivity index (χ0) is 21.9. The second-order valence-electron chi connectivity index (χ2n) is 8.26. The van der Waals surface area contributed by atoms with Crippen LogP contribution in [0.3, 0.4) is 0 Å². The monoisotopic (exact) mass is 454 g/mol. The van der Waals surface area contributed by atoms with Gasteiger partial charge in [-0.2, -0.15) is 9.97 Å². The topological polar surface area (TPSA) is 78.5 Å². The predicted octanol–water partition coefficient (Wildman–Crippen LogP) is 3.54. The lowest BCUT2D eigenvalue weighted by Crippen LogP contribution is -2.38. The van der Waals surface area contributed by atoms with E-state index >= 15 is 0 Å². The van der Waals surface area contributed by atoms with E-state index in [9.17, 15) is 0 Å². The van der Waals surface area contributed by atoms with Gasteiger partial charge in [-0.3, -0.25) is 4.90 Å². The number of benzene rings is 1. The number of hydrogen-bond acceptors (Lipinski definition) is 8. The number of morpholine rings is 1. The molecule has 2 N–H and O–H groups in total. The van der Waals surface area contributed by atoms with Crippen molar-refractivity contribution >= 4 is 40.0 Å². The van der Waals surface area contributed by atoms with Crippen LogP contribution in [0.5, 0.6) is 6.01 Å². The van der Waals surface area contributed by atoms with Gasteiger partial charge in [0.15, 0.2) is 0 Å². The second-order valence-corrected chi connectivity index (χ2v) is 9.33. The quantitative estimate of drug-likeness (QED) is 0.561. The van der Waals surface area contributed by atoms with Crippen molar-refractivity contribution in [3.05, 3.63) is 35.5 Å². The number of rotatable bonds is 7. The molecule has 0 amide bonds. The number of aromatic nitrogens is 3. The summed E-state index contributed by atoms with van der Waals surface area (Å²) in [5, 5.41) is 4.71. The lowest BCUT2D eigenvalue weighted by Gasteiger charge is -2.26. The van der Waals surface area contributed by atoms with E-state index in [0.717, 1.165) is 73.9 Å². The molecule has 0 radical (unpaired) electrons. The van der Waals surface area contributed by atoms with Crippen LogP contribution >= 0.6 is 11.8 Å². The highest BCUT2D eigenvalue weighted by Crippen LogP contribution is 2.29. The molecule has 9 heteroatoms. The first kappa shape index (κ1) is 21.4. The van der Waals surface area contributed by atoms with E-state index in [1.807, 2.05) is 17.8 Å². The number of fused-ring (bicyclic) bond motifs is 1. The van der Waals surface area contributed by atoms with Gasteiger partial charge in [0, 0.05) is 60.3 Å². The van der Waals surface area contributed by atoms with Gasteiger partial charge in [0.25, 0.3) is 0 Å². The summed E-state index contributed by atoms with van der Waals surface area (Å²) in [4.78, 5) is 17.4. The molecule has 2 fully saturated rings. The normalized spacial score (nSPS) is 17.2. The van der Waals surface area contributed by atoms with Gasteiger partial charge < -0.3 is 24.7 Å². The van der Waals surface area contributed by atoms with Crippen LogP contribution in [0.15, 0.2) is 24.3 Å². The first-order valence-corrected chi connectivity index (χ1v) is 12.3. The molecule has 4 heterocycles. The van der Waals surface area contributed by atoms with Crippen molar-refractivity contribution in [1.29, 1.82) is 0 Å². The molecule has 32 heavy (non-hydrogen) atoms. The maximum atomic E-state index is 5.99. The third-order valence-electron chi connectivity index (χ3n) is 6.09. The Morgan fingerprint density at radius 1 is 1.16 bits per heavy atom. The SMILES string of the molecule is Cc1[nH]c2cc(Nc3cc(N4CCSC4)nc(OCCN4CCOCC4)n3)ccc2c1C. The minimum Gasteiger partial charge on any atom is -0.462 e. The summed E-state index contributed by atoms with van der Waals surface area (Å²) in [6.45, 7) is 10.1. The Morgan fingerprint density at radius 3 is 2.84 bits per heavy atom. The van der Waals surface area contributed by atoms with Gasteiger partial charge in [0.1, 0.15) is 18.2 Å². The smallest absolute Gasteiger partial charge is 0.320 e. The Kier molecular flexibility index (Phi) is 6.38. The van der Waals surface area contributed by atoms with Crippen molar-refractivity contribution in [2.24, 2.45) is 0 Å². The van der Waals surface area contributed by atoms with Gasteiger partial charge in [-0.25, -0.2) is 0 Å². The molecule has 2 aliphatic heterocycles. The lowest BCUT2D eigenvalue weighted by atomic mass is 10.1. The van der Waals surface area contributed by atoms with E-state index < -0.39 is 0 Å². The van der Waals surface area contributed by atoms with Crippen LogP contribution in [0.4, 0.5) is 17.3 Å². The van der Waals surface area contributed by atoms with Gasteiger partial charge in [-0.15, -0.1) is 11.8 Å². The molecular formula is C23H30N6O2S. The fourth-order valence-electron chi connectivity index (χ4n) is 4.09. The van der Waals surface area contributed by atoms with Crippen LogP contribution in [0.1, 0.15) is 11.3 Å². The van der Waals surface area contributed by atoms with Crippen molar-refractivity contribution in [3.8, 4) is 6.01 Å². The molecule has 0 saturated carbocycles. The molecule has 2 aromatic heterocycles. The number of nitrogens with one attached hydrogen (secondary N) is 2. The summed E-state index contributed by atoms with van der Waals surface area (Å²) in [6, 6.07) is 8.80. The third-order valence-corrected chi connectivity index (χ3v) is 7.06. The average molecular weight is 455 g/mol. The molecule has 0 spiro atoms. The Bertz CT molecular complexity index is 1080. The zero-order valence-corrected chi connectivity index (χ0v) is 19.5. The average Bonchev–Trinajstić information content (AvgIpc) is 3.43. The van der Waals surface area contributed by atoms with Crippen LogP contribution < -0.4 is 15.0 Å². The van der Waals surface area contributed by atoms with Crippen LogP contribution in [-0.2, 0) is 4.74 Å². The van der Waals surface area contributed by atoms with Gasteiger partial charge in [-0.1, -0.05) is 6.07 Å². The molecule has 2 saturated heterocycles. The molecule has 0 atom stereocenters. The number of thioether (sulfide) groups is 1. The molecule has 2 aliphatic rings. The first-order valence-electron chi connectivity index (χ1n) is 11.2. The number of hydrogen-bond donors (Lipinski definition) is 2. The minimum atomic E-state index is 0.419. The van der Waals surface area contributed by atoms with E-state index in [0.29, 0.717) is 12.6 Å². The summed E-state index contributed by atoms with van der Waals surface area (Å²) in [7, 11) is 0. The van der Waals surface area contributed by atoms with Gasteiger partial charge in [0.2, 0.25) is 0 Å². The lowest BCUT2D eigenvalue weighted by molar-refractivity contribution is 0.0317.